The van der Waals surface area contributed by atoms with Crippen LogP contribution < -0.4 is 10.6 Å². The Labute approximate surface area is 186 Å². The smallest absolute Gasteiger partial charge is 0.238 e. The maximum Gasteiger partial charge on any atom is 0.238 e. The molecular formula is C24H28N4O2S. The van der Waals surface area contributed by atoms with Gasteiger partial charge in [-0.05, 0) is 81.6 Å². The van der Waals surface area contributed by atoms with Crippen LogP contribution in [0.1, 0.15) is 29.5 Å². The second kappa shape index (κ2) is 9.16. The molecule has 0 radical (unpaired) electrons. The fraction of sp³-hybridized carbons (Fsp3) is 0.375. The number of carbonyl (C=O) groups is 2. The van der Waals surface area contributed by atoms with Crippen LogP contribution in [0, 0.1) is 26.7 Å². The van der Waals surface area contributed by atoms with Gasteiger partial charge in [0.15, 0.2) is 5.13 Å². The Balaban J connectivity index is 1.26. The standard InChI is InChI=1S/C24H28N4O2S/c1-15-7-8-19(13-17(15)3)25-21(29)14-28-11-9-18(10-12-28)23(30)27-24-26-22-16(2)5-4-6-20(22)31-24/h4-8,13,18H,9-12,14H2,1-3H3,(H,25,29)(H,26,27,30). The lowest BCUT2D eigenvalue weighted by Crippen LogP contribution is -2.41. The average Bonchev–Trinajstić information content (AvgIpc) is 3.15. The van der Waals surface area contributed by atoms with Crippen LogP contribution in [0.15, 0.2) is 36.4 Å². The molecule has 1 fully saturated rings. The number of para-hydroxylation sites is 1. The number of piperidine rings is 1. The van der Waals surface area contributed by atoms with E-state index in [1.807, 2.05) is 50.2 Å². The second-order valence-electron chi connectivity index (χ2n) is 8.33. The molecule has 0 bridgehead atoms. The number of anilines is 2. The van der Waals surface area contributed by atoms with Gasteiger partial charge in [0.05, 0.1) is 16.8 Å². The van der Waals surface area contributed by atoms with Gasteiger partial charge in [-0.1, -0.05) is 29.5 Å². The van der Waals surface area contributed by atoms with E-state index in [2.05, 4.69) is 27.4 Å². The highest BCUT2D eigenvalue weighted by atomic mass is 32.1. The number of carbonyl (C=O) groups excluding carboxylic acids is 2. The molecule has 1 aliphatic rings. The zero-order valence-corrected chi connectivity index (χ0v) is 19.0. The zero-order chi connectivity index (χ0) is 22.0. The van der Waals surface area contributed by atoms with E-state index in [-0.39, 0.29) is 17.7 Å². The van der Waals surface area contributed by atoms with Crippen molar-refractivity contribution in [3.8, 4) is 0 Å². The SMILES string of the molecule is Cc1ccc(NC(=O)CN2CCC(C(=O)Nc3nc4c(C)cccc4s3)CC2)cc1C. The lowest BCUT2D eigenvalue weighted by atomic mass is 9.96. The number of aromatic nitrogens is 1. The van der Waals surface area contributed by atoms with E-state index in [0.29, 0.717) is 11.7 Å². The number of hydrogen-bond donors (Lipinski definition) is 2. The molecule has 6 nitrogen and oxygen atoms in total. The third-order valence-corrected chi connectivity index (χ3v) is 6.90. The summed E-state index contributed by atoms with van der Waals surface area (Å²) in [6, 6.07) is 12.0. The molecule has 0 unspecified atom stereocenters. The van der Waals surface area contributed by atoms with Crippen molar-refractivity contribution in [3.05, 3.63) is 53.1 Å². The lowest BCUT2D eigenvalue weighted by Gasteiger charge is -2.30. The molecule has 1 aliphatic heterocycles. The van der Waals surface area contributed by atoms with Crippen LogP contribution >= 0.6 is 11.3 Å². The fourth-order valence-corrected chi connectivity index (χ4v) is 4.87. The van der Waals surface area contributed by atoms with Crippen LogP contribution in [-0.4, -0.2) is 41.3 Å². The molecule has 3 aromatic rings. The summed E-state index contributed by atoms with van der Waals surface area (Å²) in [5.41, 5.74) is 5.26. The molecule has 2 N–H and O–H groups in total. The number of hydrogen-bond acceptors (Lipinski definition) is 5. The minimum absolute atomic E-state index is 0.0176. The molecule has 162 valence electrons. The predicted octanol–water partition coefficient (Wildman–Crippen LogP) is 4.51. The molecule has 2 amide bonds. The first-order valence-electron chi connectivity index (χ1n) is 10.7. The summed E-state index contributed by atoms with van der Waals surface area (Å²) < 4.78 is 1.08. The Hall–Kier alpha value is -2.77. The van der Waals surface area contributed by atoms with E-state index in [0.717, 1.165) is 53.0 Å². The molecule has 1 saturated heterocycles. The van der Waals surface area contributed by atoms with Gasteiger partial charge >= 0.3 is 0 Å². The van der Waals surface area contributed by atoms with Crippen molar-refractivity contribution in [1.82, 2.24) is 9.88 Å². The maximum atomic E-state index is 12.7. The highest BCUT2D eigenvalue weighted by Crippen LogP contribution is 2.29. The van der Waals surface area contributed by atoms with Crippen molar-refractivity contribution in [2.75, 3.05) is 30.3 Å². The molecule has 0 atom stereocenters. The molecule has 2 heterocycles. The average molecular weight is 437 g/mol. The molecular weight excluding hydrogens is 408 g/mol. The fourth-order valence-electron chi connectivity index (χ4n) is 3.92. The van der Waals surface area contributed by atoms with Crippen molar-refractivity contribution >= 4 is 44.2 Å². The highest BCUT2D eigenvalue weighted by Gasteiger charge is 2.26. The van der Waals surface area contributed by atoms with Crippen LogP contribution in [-0.2, 0) is 9.59 Å². The van der Waals surface area contributed by atoms with Crippen LogP contribution in [0.25, 0.3) is 10.2 Å². The first-order chi connectivity index (χ1) is 14.9. The number of amides is 2. The van der Waals surface area contributed by atoms with E-state index in [9.17, 15) is 9.59 Å². The number of thiazole rings is 1. The first-order valence-corrected chi connectivity index (χ1v) is 11.5. The monoisotopic (exact) mass is 436 g/mol. The summed E-state index contributed by atoms with van der Waals surface area (Å²) in [6.07, 6.45) is 1.49. The predicted molar refractivity (Wildman–Crippen MR) is 127 cm³/mol. The van der Waals surface area contributed by atoms with Crippen LogP contribution in [0.3, 0.4) is 0 Å². The van der Waals surface area contributed by atoms with Crippen LogP contribution in [0.4, 0.5) is 10.8 Å². The van der Waals surface area contributed by atoms with Crippen molar-refractivity contribution in [3.63, 3.8) is 0 Å². The molecule has 4 rings (SSSR count). The van der Waals surface area contributed by atoms with E-state index in [1.165, 1.54) is 16.9 Å². The van der Waals surface area contributed by atoms with Crippen LogP contribution in [0.5, 0.6) is 0 Å². The Bertz CT molecular complexity index is 1120. The highest BCUT2D eigenvalue weighted by molar-refractivity contribution is 7.22. The summed E-state index contributed by atoms with van der Waals surface area (Å²) in [4.78, 5) is 31.8. The summed E-state index contributed by atoms with van der Waals surface area (Å²) in [5.74, 6) is -0.0425. The third kappa shape index (κ3) is 5.11. The van der Waals surface area contributed by atoms with Gasteiger partial charge in [-0.3, -0.25) is 14.5 Å². The van der Waals surface area contributed by atoms with Gasteiger partial charge in [0.1, 0.15) is 0 Å². The normalized spacial score (nSPS) is 15.2. The van der Waals surface area contributed by atoms with Crippen molar-refractivity contribution in [1.29, 1.82) is 0 Å². The van der Waals surface area contributed by atoms with Gasteiger partial charge in [-0.25, -0.2) is 4.98 Å². The molecule has 0 saturated carbocycles. The van der Waals surface area contributed by atoms with E-state index in [4.69, 9.17) is 0 Å². The maximum absolute atomic E-state index is 12.7. The van der Waals surface area contributed by atoms with Crippen molar-refractivity contribution in [2.45, 2.75) is 33.6 Å². The quantitative estimate of drug-likeness (QED) is 0.617. The number of rotatable bonds is 5. The summed E-state index contributed by atoms with van der Waals surface area (Å²) in [6.45, 7) is 7.93. The molecule has 7 heteroatoms. The van der Waals surface area contributed by atoms with Gasteiger partial charge < -0.3 is 10.6 Å². The van der Waals surface area contributed by atoms with E-state index >= 15 is 0 Å². The van der Waals surface area contributed by atoms with Crippen LogP contribution in [0.2, 0.25) is 0 Å². The van der Waals surface area contributed by atoms with Gasteiger partial charge in [-0.2, -0.15) is 0 Å². The lowest BCUT2D eigenvalue weighted by molar-refractivity contribution is -0.121. The Kier molecular flexibility index (Phi) is 6.34. The molecule has 0 spiro atoms. The zero-order valence-electron chi connectivity index (χ0n) is 18.2. The minimum atomic E-state index is -0.0489. The van der Waals surface area contributed by atoms with Gasteiger partial charge in [-0.15, -0.1) is 0 Å². The largest absolute Gasteiger partial charge is 0.325 e. The Morgan fingerprint density at radius 1 is 1.03 bits per heavy atom. The minimum Gasteiger partial charge on any atom is -0.325 e. The Morgan fingerprint density at radius 3 is 2.52 bits per heavy atom. The molecule has 1 aromatic heterocycles. The topological polar surface area (TPSA) is 74.3 Å². The number of nitrogens with zero attached hydrogens (tertiary/aromatic N) is 2. The number of nitrogens with one attached hydrogen (secondary N) is 2. The Morgan fingerprint density at radius 2 is 1.81 bits per heavy atom. The number of fused-ring (bicyclic) bond motifs is 1. The number of likely N-dealkylation sites (tertiary alicyclic amines) is 1. The van der Waals surface area contributed by atoms with Crippen molar-refractivity contribution in [2.24, 2.45) is 5.92 Å². The number of benzene rings is 2. The van der Waals surface area contributed by atoms with Gasteiger partial charge in [0.2, 0.25) is 11.8 Å². The molecule has 31 heavy (non-hydrogen) atoms. The van der Waals surface area contributed by atoms with Gasteiger partial charge in [0, 0.05) is 11.6 Å². The molecule has 2 aromatic carbocycles. The third-order valence-electron chi connectivity index (χ3n) is 5.97. The summed E-state index contributed by atoms with van der Waals surface area (Å²) in [7, 11) is 0. The summed E-state index contributed by atoms with van der Waals surface area (Å²) in [5, 5.41) is 6.63. The summed E-state index contributed by atoms with van der Waals surface area (Å²) >= 11 is 1.51. The van der Waals surface area contributed by atoms with Crippen molar-refractivity contribution < 1.29 is 9.59 Å². The van der Waals surface area contributed by atoms with Gasteiger partial charge in [0.25, 0.3) is 0 Å². The molecule has 0 aliphatic carbocycles. The second-order valence-corrected chi connectivity index (χ2v) is 9.36. The van der Waals surface area contributed by atoms with E-state index in [1.54, 1.807) is 0 Å². The number of aryl methyl sites for hydroxylation is 3. The van der Waals surface area contributed by atoms with E-state index < -0.39 is 0 Å². The first kappa shape index (κ1) is 21.5.